The summed E-state index contributed by atoms with van der Waals surface area (Å²) in [6.45, 7) is 5.35. The van der Waals surface area contributed by atoms with Crippen molar-refractivity contribution in [2.45, 2.75) is 25.8 Å². The van der Waals surface area contributed by atoms with E-state index < -0.39 is 0 Å². The van der Waals surface area contributed by atoms with Crippen LogP contribution in [0.4, 0.5) is 0 Å². The Hall–Kier alpha value is 0.270. The Morgan fingerprint density at radius 1 is 1.46 bits per heavy atom. The van der Waals surface area contributed by atoms with Gasteiger partial charge in [0.05, 0.1) is 0 Å². The Morgan fingerprint density at radius 3 is 2.77 bits per heavy atom. The fourth-order valence-electron chi connectivity index (χ4n) is 1.63. The number of ether oxygens (including phenoxy) is 1. The van der Waals surface area contributed by atoms with Crippen LogP contribution in [-0.4, -0.2) is 37.8 Å². The molecule has 1 N–H and O–H groups in total. The summed E-state index contributed by atoms with van der Waals surface area (Å²) < 4.78 is 5.32. The van der Waals surface area contributed by atoms with Crippen LogP contribution in [0.2, 0.25) is 0 Å². The van der Waals surface area contributed by atoms with Gasteiger partial charge in [-0.25, -0.2) is 0 Å². The van der Waals surface area contributed by atoms with Gasteiger partial charge in [-0.2, -0.15) is 11.8 Å². The highest BCUT2D eigenvalue weighted by Crippen LogP contribution is 2.13. The van der Waals surface area contributed by atoms with Gasteiger partial charge in [0.1, 0.15) is 0 Å². The molecule has 1 heterocycles. The fourth-order valence-corrected chi connectivity index (χ4v) is 2.25. The molecule has 1 fully saturated rings. The molecule has 1 aliphatic rings. The third-order valence-electron chi connectivity index (χ3n) is 2.51. The second-order valence-corrected chi connectivity index (χ2v) is 4.73. The highest BCUT2D eigenvalue weighted by molar-refractivity contribution is 7.98. The van der Waals surface area contributed by atoms with E-state index in [9.17, 15) is 0 Å². The van der Waals surface area contributed by atoms with Crippen molar-refractivity contribution >= 4 is 11.8 Å². The third-order valence-corrected chi connectivity index (χ3v) is 3.35. The molecule has 2 nitrogen and oxygen atoms in total. The molecule has 0 aromatic rings. The first kappa shape index (κ1) is 11.3. The topological polar surface area (TPSA) is 21.3 Å². The quantitative estimate of drug-likeness (QED) is 0.735. The highest BCUT2D eigenvalue weighted by Gasteiger charge is 2.13. The van der Waals surface area contributed by atoms with Crippen molar-refractivity contribution in [3.05, 3.63) is 0 Å². The van der Waals surface area contributed by atoms with E-state index in [4.69, 9.17) is 4.74 Å². The van der Waals surface area contributed by atoms with E-state index in [1.165, 1.54) is 25.1 Å². The number of thioether (sulfide) groups is 1. The van der Waals surface area contributed by atoms with Gasteiger partial charge in [-0.1, -0.05) is 0 Å². The summed E-state index contributed by atoms with van der Waals surface area (Å²) in [5, 5.41) is 3.58. The van der Waals surface area contributed by atoms with E-state index in [2.05, 4.69) is 18.5 Å². The lowest BCUT2D eigenvalue weighted by atomic mass is 10.0. The summed E-state index contributed by atoms with van der Waals surface area (Å²) in [5.41, 5.74) is 0. The van der Waals surface area contributed by atoms with Crippen molar-refractivity contribution < 1.29 is 4.74 Å². The smallest absolute Gasteiger partial charge is 0.0469 e. The SMILES string of the molecule is CSCC(C)NCC1CCOCC1. The lowest BCUT2D eigenvalue weighted by Crippen LogP contribution is -2.34. The Labute approximate surface area is 85.8 Å². The molecule has 3 heteroatoms. The molecule has 0 radical (unpaired) electrons. The highest BCUT2D eigenvalue weighted by atomic mass is 32.2. The fraction of sp³-hybridized carbons (Fsp3) is 1.00. The zero-order valence-electron chi connectivity index (χ0n) is 8.71. The van der Waals surface area contributed by atoms with Crippen LogP contribution >= 0.6 is 11.8 Å². The van der Waals surface area contributed by atoms with Gasteiger partial charge in [0.2, 0.25) is 0 Å². The van der Waals surface area contributed by atoms with Gasteiger partial charge in [-0.15, -0.1) is 0 Å². The first-order chi connectivity index (χ1) is 6.33. The molecular formula is C10H21NOS. The van der Waals surface area contributed by atoms with Crippen LogP contribution in [0.3, 0.4) is 0 Å². The molecule has 1 unspecified atom stereocenters. The summed E-state index contributed by atoms with van der Waals surface area (Å²) in [4.78, 5) is 0. The number of nitrogens with one attached hydrogen (secondary N) is 1. The molecule has 0 aromatic heterocycles. The molecule has 0 spiro atoms. The van der Waals surface area contributed by atoms with Crippen LogP contribution in [0.5, 0.6) is 0 Å². The van der Waals surface area contributed by atoms with E-state index in [1.54, 1.807) is 0 Å². The van der Waals surface area contributed by atoms with Crippen molar-refractivity contribution in [1.82, 2.24) is 5.32 Å². The number of rotatable bonds is 5. The Bertz CT molecular complexity index is 126. The first-order valence-electron chi connectivity index (χ1n) is 5.13. The van der Waals surface area contributed by atoms with Crippen LogP contribution in [0.15, 0.2) is 0 Å². The lowest BCUT2D eigenvalue weighted by Gasteiger charge is -2.24. The van der Waals surface area contributed by atoms with E-state index in [0.29, 0.717) is 6.04 Å². The minimum absolute atomic E-state index is 0.651. The largest absolute Gasteiger partial charge is 0.381 e. The third kappa shape index (κ3) is 4.89. The molecule has 1 saturated heterocycles. The van der Waals surface area contributed by atoms with E-state index in [0.717, 1.165) is 19.1 Å². The van der Waals surface area contributed by atoms with Gasteiger partial charge in [0.25, 0.3) is 0 Å². The second kappa shape index (κ2) is 6.68. The Kier molecular flexibility index (Phi) is 5.83. The molecule has 0 aliphatic carbocycles. The van der Waals surface area contributed by atoms with E-state index in [1.807, 2.05) is 11.8 Å². The monoisotopic (exact) mass is 203 g/mol. The van der Waals surface area contributed by atoms with Crippen LogP contribution in [-0.2, 0) is 4.74 Å². The summed E-state index contributed by atoms with van der Waals surface area (Å²) in [5.74, 6) is 2.06. The van der Waals surface area contributed by atoms with Crippen LogP contribution in [0, 0.1) is 5.92 Å². The average Bonchev–Trinajstić information content (AvgIpc) is 2.17. The second-order valence-electron chi connectivity index (χ2n) is 3.82. The molecule has 0 aromatic carbocycles. The Morgan fingerprint density at radius 2 is 2.15 bits per heavy atom. The summed E-state index contributed by atoms with van der Waals surface area (Å²) in [6.07, 6.45) is 4.63. The minimum Gasteiger partial charge on any atom is -0.381 e. The molecule has 0 amide bonds. The summed E-state index contributed by atoms with van der Waals surface area (Å²) in [7, 11) is 0. The van der Waals surface area contributed by atoms with Crippen LogP contribution in [0.25, 0.3) is 0 Å². The zero-order chi connectivity index (χ0) is 9.52. The molecule has 0 saturated carbocycles. The molecule has 1 rings (SSSR count). The van der Waals surface area contributed by atoms with Gasteiger partial charge in [0, 0.05) is 25.0 Å². The van der Waals surface area contributed by atoms with Crippen LogP contribution < -0.4 is 5.32 Å². The normalized spacial score (nSPS) is 21.7. The Balaban J connectivity index is 2.03. The van der Waals surface area contributed by atoms with Gasteiger partial charge in [-0.3, -0.25) is 0 Å². The minimum atomic E-state index is 0.651. The molecule has 78 valence electrons. The number of hydrogen-bond acceptors (Lipinski definition) is 3. The zero-order valence-corrected chi connectivity index (χ0v) is 9.53. The van der Waals surface area contributed by atoms with Crippen molar-refractivity contribution in [3.8, 4) is 0 Å². The van der Waals surface area contributed by atoms with Crippen LogP contribution in [0.1, 0.15) is 19.8 Å². The van der Waals surface area contributed by atoms with Crippen molar-refractivity contribution in [2.24, 2.45) is 5.92 Å². The van der Waals surface area contributed by atoms with Crippen molar-refractivity contribution in [3.63, 3.8) is 0 Å². The average molecular weight is 203 g/mol. The lowest BCUT2D eigenvalue weighted by molar-refractivity contribution is 0.0658. The van der Waals surface area contributed by atoms with E-state index in [-0.39, 0.29) is 0 Å². The van der Waals surface area contributed by atoms with Crippen molar-refractivity contribution in [2.75, 3.05) is 31.8 Å². The summed E-state index contributed by atoms with van der Waals surface area (Å²) >= 11 is 1.91. The van der Waals surface area contributed by atoms with Gasteiger partial charge >= 0.3 is 0 Å². The first-order valence-corrected chi connectivity index (χ1v) is 6.52. The maximum Gasteiger partial charge on any atom is 0.0469 e. The predicted molar refractivity (Wildman–Crippen MR) is 59.4 cm³/mol. The van der Waals surface area contributed by atoms with Gasteiger partial charge < -0.3 is 10.1 Å². The summed E-state index contributed by atoms with van der Waals surface area (Å²) in [6, 6.07) is 0.651. The van der Waals surface area contributed by atoms with E-state index >= 15 is 0 Å². The van der Waals surface area contributed by atoms with Gasteiger partial charge in [0.15, 0.2) is 0 Å². The maximum absolute atomic E-state index is 5.32. The molecule has 13 heavy (non-hydrogen) atoms. The molecule has 1 atom stereocenters. The number of hydrogen-bond donors (Lipinski definition) is 1. The van der Waals surface area contributed by atoms with Gasteiger partial charge in [-0.05, 0) is 38.5 Å². The predicted octanol–water partition coefficient (Wildman–Crippen LogP) is 1.75. The molecule has 0 bridgehead atoms. The standard InChI is InChI=1S/C10H21NOS/c1-9(8-13-2)11-7-10-3-5-12-6-4-10/h9-11H,3-8H2,1-2H3. The molecule has 1 aliphatic heterocycles. The molecular weight excluding hydrogens is 182 g/mol. The maximum atomic E-state index is 5.32. The van der Waals surface area contributed by atoms with Crippen molar-refractivity contribution in [1.29, 1.82) is 0 Å².